The number of nitrogens with one attached hydrogen (secondary N) is 2. The van der Waals surface area contributed by atoms with E-state index in [1.54, 1.807) is 21.9 Å². The number of carbonyl (C=O) groups excluding carboxylic acids is 4. The summed E-state index contributed by atoms with van der Waals surface area (Å²) < 4.78 is 11.0. The number of benzene rings is 3. The number of amides is 4. The Morgan fingerprint density at radius 2 is 1.02 bits per heavy atom. The highest BCUT2D eigenvalue weighted by atomic mass is 32.1. The second-order valence-corrected chi connectivity index (χ2v) is 17.3. The van der Waals surface area contributed by atoms with Crippen LogP contribution < -0.4 is 10.6 Å². The summed E-state index contributed by atoms with van der Waals surface area (Å²) >= 11 is 1.26. The molecule has 0 spiro atoms. The molecule has 0 radical (unpaired) electrons. The minimum absolute atomic E-state index is 0.224. The summed E-state index contributed by atoms with van der Waals surface area (Å²) in [5.41, 5.74) is 4.56. The molecule has 14 heteroatoms. The van der Waals surface area contributed by atoms with Crippen molar-refractivity contribution in [1.82, 2.24) is 24.6 Å². The van der Waals surface area contributed by atoms with Crippen molar-refractivity contribution in [2.75, 3.05) is 63.0 Å². The molecule has 3 aromatic carbocycles. The van der Waals surface area contributed by atoms with Crippen molar-refractivity contribution in [2.45, 2.75) is 65.8 Å². The van der Waals surface area contributed by atoms with Gasteiger partial charge in [-0.25, -0.2) is 14.6 Å². The predicted octanol–water partition coefficient (Wildman–Crippen LogP) is 7.42. The van der Waals surface area contributed by atoms with Gasteiger partial charge >= 0.3 is 12.2 Å². The van der Waals surface area contributed by atoms with Gasteiger partial charge in [0, 0.05) is 93.3 Å². The fourth-order valence-corrected chi connectivity index (χ4v) is 7.15. The van der Waals surface area contributed by atoms with Crippen LogP contribution in [-0.2, 0) is 22.6 Å². The highest BCUT2D eigenvalue weighted by Gasteiger charge is 2.27. The van der Waals surface area contributed by atoms with Gasteiger partial charge in [0.2, 0.25) is 0 Å². The fraction of sp³-hybridized carbons (Fsp3) is 0.419. The number of hydrogen-bond acceptors (Lipinski definition) is 10. The van der Waals surface area contributed by atoms with Crippen molar-refractivity contribution in [3.63, 3.8) is 0 Å². The average molecular weight is 796 g/mol. The third kappa shape index (κ3) is 12.1. The SMILES string of the molecule is CC(C)(C)OC(=O)N1CCN(Cc2ccc(NC(=O)c3ccc(-c4csc(C(=O)Nc5ccc(CN6CCN(C(=O)OC(C)(C)C)CC6)cc5)n4)cc3)cc2)CC1. The predicted molar refractivity (Wildman–Crippen MR) is 223 cm³/mol. The van der Waals surface area contributed by atoms with E-state index in [1.165, 1.54) is 11.3 Å². The van der Waals surface area contributed by atoms with Crippen LogP contribution in [-0.4, -0.2) is 112 Å². The molecule has 3 heterocycles. The number of carbonyl (C=O) groups is 4. The van der Waals surface area contributed by atoms with E-state index in [0.717, 1.165) is 56.0 Å². The van der Waals surface area contributed by atoms with Gasteiger partial charge in [0.25, 0.3) is 11.8 Å². The van der Waals surface area contributed by atoms with Gasteiger partial charge < -0.3 is 29.9 Å². The van der Waals surface area contributed by atoms with E-state index < -0.39 is 11.2 Å². The number of thiazole rings is 1. The van der Waals surface area contributed by atoms with Crippen molar-refractivity contribution in [3.05, 3.63) is 99.9 Å². The zero-order chi connectivity index (χ0) is 40.7. The summed E-state index contributed by atoms with van der Waals surface area (Å²) in [6.07, 6.45) is -0.538. The van der Waals surface area contributed by atoms with E-state index >= 15 is 0 Å². The highest BCUT2D eigenvalue weighted by Crippen LogP contribution is 2.24. The summed E-state index contributed by atoms with van der Waals surface area (Å²) in [6, 6.07) is 22.7. The standard InChI is InChI=1S/C43H53N7O6S/c1-42(2,3)55-40(53)49-23-19-47(20-24-49)27-30-7-15-34(16-8-30)44-37(51)33-13-11-32(12-14-33)36-29-57-39(46-36)38(52)45-35-17-9-31(10-18-35)28-48-21-25-50(26-22-48)41(54)56-43(4,5)6/h7-18,29H,19-28H2,1-6H3,(H,44,51)(H,45,52). The molecule has 0 bridgehead atoms. The largest absolute Gasteiger partial charge is 0.444 e. The van der Waals surface area contributed by atoms with Gasteiger partial charge in [-0.05, 0) is 89.1 Å². The molecule has 2 aliphatic rings. The van der Waals surface area contributed by atoms with Crippen LogP contribution in [0.15, 0.2) is 78.2 Å². The molecule has 2 saturated heterocycles. The number of rotatable bonds is 9. The lowest BCUT2D eigenvalue weighted by atomic mass is 10.1. The van der Waals surface area contributed by atoms with Crippen molar-refractivity contribution >= 4 is 46.7 Å². The number of hydrogen-bond donors (Lipinski definition) is 2. The lowest BCUT2D eigenvalue weighted by molar-refractivity contribution is 0.0129. The number of ether oxygens (including phenoxy) is 2. The zero-order valence-electron chi connectivity index (χ0n) is 33.7. The van der Waals surface area contributed by atoms with Crippen molar-refractivity contribution in [2.24, 2.45) is 0 Å². The first-order chi connectivity index (χ1) is 27.1. The summed E-state index contributed by atoms with van der Waals surface area (Å²) in [4.78, 5) is 63.5. The van der Waals surface area contributed by atoms with E-state index in [-0.39, 0.29) is 24.0 Å². The van der Waals surface area contributed by atoms with E-state index in [4.69, 9.17) is 9.47 Å². The van der Waals surface area contributed by atoms with Crippen LogP contribution in [0.3, 0.4) is 0 Å². The maximum atomic E-state index is 13.1. The Morgan fingerprint density at radius 1 is 0.596 bits per heavy atom. The van der Waals surface area contributed by atoms with Crippen LogP contribution in [0.5, 0.6) is 0 Å². The van der Waals surface area contributed by atoms with Gasteiger partial charge in [0.1, 0.15) is 11.2 Å². The molecule has 4 amide bonds. The van der Waals surface area contributed by atoms with E-state index in [0.29, 0.717) is 53.8 Å². The highest BCUT2D eigenvalue weighted by molar-refractivity contribution is 7.12. The minimum Gasteiger partial charge on any atom is -0.444 e. The molecule has 2 N–H and O–H groups in total. The Balaban J connectivity index is 0.930. The topological polar surface area (TPSA) is 137 Å². The Kier molecular flexibility index (Phi) is 13.0. The van der Waals surface area contributed by atoms with Crippen molar-refractivity contribution in [1.29, 1.82) is 0 Å². The molecule has 13 nitrogen and oxygen atoms in total. The Hall–Kier alpha value is -5.31. The normalized spacial score (nSPS) is 15.5. The summed E-state index contributed by atoms with van der Waals surface area (Å²) in [5.74, 6) is -0.516. The number of nitrogens with zero attached hydrogens (tertiary/aromatic N) is 5. The molecule has 302 valence electrons. The van der Waals surface area contributed by atoms with Gasteiger partial charge in [-0.2, -0.15) is 0 Å². The molecule has 0 unspecified atom stereocenters. The monoisotopic (exact) mass is 795 g/mol. The molecule has 0 saturated carbocycles. The molecular formula is C43H53N7O6S. The fourth-order valence-electron chi connectivity index (χ4n) is 6.42. The molecular weight excluding hydrogens is 743 g/mol. The van der Waals surface area contributed by atoms with E-state index in [2.05, 4.69) is 25.4 Å². The average Bonchev–Trinajstić information content (AvgIpc) is 3.67. The van der Waals surface area contributed by atoms with Crippen LogP contribution in [0.4, 0.5) is 21.0 Å². The van der Waals surface area contributed by atoms with Crippen molar-refractivity contribution < 1.29 is 28.7 Å². The van der Waals surface area contributed by atoms with Crippen LogP contribution in [0.25, 0.3) is 11.3 Å². The second-order valence-electron chi connectivity index (χ2n) is 16.4. The van der Waals surface area contributed by atoms with E-state index in [9.17, 15) is 19.2 Å². The minimum atomic E-state index is -0.508. The van der Waals surface area contributed by atoms with Gasteiger partial charge in [-0.1, -0.05) is 36.4 Å². The summed E-state index contributed by atoms with van der Waals surface area (Å²) in [5, 5.41) is 8.07. The van der Waals surface area contributed by atoms with E-state index in [1.807, 2.05) is 108 Å². The molecule has 2 fully saturated rings. The summed E-state index contributed by atoms with van der Waals surface area (Å²) in [7, 11) is 0. The molecule has 0 atom stereocenters. The van der Waals surface area contributed by atoms with Gasteiger partial charge in [-0.15, -0.1) is 11.3 Å². The second kappa shape index (κ2) is 17.9. The molecule has 0 aliphatic carbocycles. The smallest absolute Gasteiger partial charge is 0.410 e. The maximum absolute atomic E-state index is 13.1. The Labute approximate surface area is 338 Å². The lowest BCUT2D eigenvalue weighted by Crippen LogP contribution is -2.49. The number of piperazine rings is 2. The quantitative estimate of drug-likeness (QED) is 0.177. The van der Waals surface area contributed by atoms with Gasteiger partial charge in [-0.3, -0.25) is 19.4 Å². The third-order valence-corrected chi connectivity index (χ3v) is 10.3. The molecule has 1 aromatic heterocycles. The van der Waals surface area contributed by atoms with Crippen LogP contribution in [0.1, 0.15) is 72.8 Å². The zero-order valence-corrected chi connectivity index (χ0v) is 34.5. The van der Waals surface area contributed by atoms with Crippen LogP contribution in [0, 0.1) is 0 Å². The first kappa shape index (κ1) is 41.3. The molecule has 4 aromatic rings. The number of anilines is 2. The van der Waals surface area contributed by atoms with Crippen LogP contribution in [0.2, 0.25) is 0 Å². The van der Waals surface area contributed by atoms with Crippen molar-refractivity contribution in [3.8, 4) is 11.3 Å². The summed E-state index contributed by atoms with van der Waals surface area (Å²) in [6.45, 7) is 18.3. The van der Waals surface area contributed by atoms with Gasteiger partial charge in [0.15, 0.2) is 5.01 Å². The third-order valence-electron chi connectivity index (χ3n) is 9.43. The Bertz CT molecular complexity index is 2000. The molecule has 57 heavy (non-hydrogen) atoms. The lowest BCUT2D eigenvalue weighted by Gasteiger charge is -2.35. The maximum Gasteiger partial charge on any atom is 0.410 e. The first-order valence-corrected chi connectivity index (χ1v) is 20.2. The van der Waals surface area contributed by atoms with Crippen LogP contribution >= 0.6 is 11.3 Å². The molecule has 2 aliphatic heterocycles. The molecule has 6 rings (SSSR count). The number of aromatic nitrogens is 1. The van der Waals surface area contributed by atoms with Gasteiger partial charge in [0.05, 0.1) is 5.69 Å². The first-order valence-electron chi connectivity index (χ1n) is 19.3. The Morgan fingerprint density at radius 3 is 1.44 bits per heavy atom.